The predicted octanol–water partition coefficient (Wildman–Crippen LogP) is 3.10. The first-order valence-corrected chi connectivity index (χ1v) is 6.74. The summed E-state index contributed by atoms with van der Waals surface area (Å²) in [5, 5.41) is 6.11. The summed E-state index contributed by atoms with van der Waals surface area (Å²) in [7, 11) is 0. The van der Waals surface area contributed by atoms with Crippen molar-refractivity contribution in [3.63, 3.8) is 0 Å². The highest BCUT2D eigenvalue weighted by Crippen LogP contribution is 2.33. The Labute approximate surface area is 91.1 Å². The number of aromatic nitrogens is 1. The molecule has 0 bridgehead atoms. The Morgan fingerprint density at radius 1 is 1.69 bits per heavy atom. The van der Waals surface area contributed by atoms with Crippen LogP contribution in [0.2, 0.25) is 4.47 Å². The Morgan fingerprint density at radius 3 is 3.00 bits per heavy atom. The molecule has 1 aromatic rings. The van der Waals surface area contributed by atoms with Crippen molar-refractivity contribution in [1.29, 1.82) is 0 Å². The highest BCUT2D eigenvalue weighted by molar-refractivity contribution is 7.99. The molecule has 1 aromatic heterocycles. The lowest BCUT2D eigenvalue weighted by Crippen LogP contribution is -2.40. The topological polar surface area (TPSA) is 24.9 Å². The first-order valence-electron chi connectivity index (χ1n) is 4.20. The third-order valence-electron chi connectivity index (χ3n) is 2.32. The number of rotatable bonds is 3. The van der Waals surface area contributed by atoms with E-state index >= 15 is 0 Å². The van der Waals surface area contributed by atoms with E-state index in [2.05, 4.69) is 16.6 Å². The van der Waals surface area contributed by atoms with E-state index < -0.39 is 0 Å². The van der Waals surface area contributed by atoms with Gasteiger partial charge >= 0.3 is 0 Å². The number of anilines is 1. The molecule has 0 spiro atoms. The van der Waals surface area contributed by atoms with Gasteiger partial charge in [-0.15, -0.1) is 11.3 Å². The summed E-state index contributed by atoms with van der Waals surface area (Å²) in [6, 6.07) is 0.591. The van der Waals surface area contributed by atoms with Gasteiger partial charge in [-0.05, 0) is 19.1 Å². The molecule has 1 aliphatic rings. The van der Waals surface area contributed by atoms with Crippen molar-refractivity contribution in [2.45, 2.75) is 24.1 Å². The smallest absolute Gasteiger partial charge is 0.185 e. The summed E-state index contributed by atoms with van der Waals surface area (Å²) in [6.07, 6.45) is 4.73. The fourth-order valence-electron chi connectivity index (χ4n) is 1.42. The van der Waals surface area contributed by atoms with Crippen molar-refractivity contribution in [2.24, 2.45) is 0 Å². The van der Waals surface area contributed by atoms with E-state index in [4.69, 9.17) is 11.6 Å². The quantitative estimate of drug-likeness (QED) is 0.870. The van der Waals surface area contributed by atoms with Gasteiger partial charge in [-0.25, -0.2) is 4.98 Å². The Bertz CT molecular complexity index is 287. The predicted molar refractivity (Wildman–Crippen MR) is 61.1 cm³/mol. The van der Waals surface area contributed by atoms with Gasteiger partial charge in [0.05, 0.1) is 0 Å². The van der Waals surface area contributed by atoms with Gasteiger partial charge in [-0.3, -0.25) is 0 Å². The van der Waals surface area contributed by atoms with Gasteiger partial charge in [0.15, 0.2) is 4.47 Å². The van der Waals surface area contributed by atoms with Gasteiger partial charge in [0.2, 0.25) is 0 Å². The van der Waals surface area contributed by atoms with Crippen LogP contribution in [0, 0.1) is 0 Å². The van der Waals surface area contributed by atoms with Gasteiger partial charge in [0.1, 0.15) is 5.82 Å². The van der Waals surface area contributed by atoms with Crippen LogP contribution >= 0.6 is 34.7 Å². The molecule has 0 aliphatic heterocycles. The van der Waals surface area contributed by atoms with E-state index in [1.165, 1.54) is 24.2 Å². The lowest BCUT2D eigenvalue weighted by atomic mass is 9.92. The molecule has 2 atom stereocenters. The summed E-state index contributed by atoms with van der Waals surface area (Å²) in [5.41, 5.74) is 0. The van der Waals surface area contributed by atoms with Crippen molar-refractivity contribution < 1.29 is 0 Å². The molecule has 1 saturated carbocycles. The molecular weight excluding hydrogens is 224 g/mol. The molecule has 0 amide bonds. The van der Waals surface area contributed by atoms with E-state index in [1.807, 2.05) is 17.1 Å². The Hall–Kier alpha value is 0.0700. The minimum Gasteiger partial charge on any atom is -0.365 e. The molecule has 0 aromatic carbocycles. The number of hydrogen-bond donors (Lipinski definition) is 1. The fourth-order valence-corrected chi connectivity index (χ4v) is 3.03. The maximum atomic E-state index is 5.74. The zero-order valence-electron chi connectivity index (χ0n) is 7.29. The van der Waals surface area contributed by atoms with Gasteiger partial charge in [0, 0.05) is 16.7 Å². The van der Waals surface area contributed by atoms with E-state index in [0.29, 0.717) is 10.5 Å². The van der Waals surface area contributed by atoms with Crippen LogP contribution in [-0.2, 0) is 0 Å². The maximum Gasteiger partial charge on any atom is 0.185 e. The monoisotopic (exact) mass is 234 g/mol. The zero-order chi connectivity index (χ0) is 9.26. The molecule has 0 radical (unpaired) electrons. The van der Waals surface area contributed by atoms with Gasteiger partial charge < -0.3 is 5.32 Å². The molecule has 1 N–H and O–H groups in total. The first kappa shape index (κ1) is 9.62. The Balaban J connectivity index is 1.91. The summed E-state index contributed by atoms with van der Waals surface area (Å²) in [4.78, 5) is 4.16. The molecule has 2 unspecified atom stereocenters. The van der Waals surface area contributed by atoms with E-state index in [1.54, 1.807) is 0 Å². The number of thioether (sulfide) groups is 1. The summed E-state index contributed by atoms with van der Waals surface area (Å²) < 4.78 is 0.613. The normalized spacial score (nSPS) is 26.9. The fraction of sp³-hybridized carbons (Fsp3) is 0.625. The van der Waals surface area contributed by atoms with Crippen LogP contribution in [0.3, 0.4) is 0 Å². The third kappa shape index (κ3) is 2.11. The largest absolute Gasteiger partial charge is 0.365 e. The Morgan fingerprint density at radius 2 is 2.54 bits per heavy atom. The second-order valence-corrected chi connectivity index (χ2v) is 5.61. The van der Waals surface area contributed by atoms with Crippen molar-refractivity contribution >= 4 is 40.5 Å². The molecule has 72 valence electrons. The van der Waals surface area contributed by atoms with E-state index in [0.717, 1.165) is 11.1 Å². The molecule has 2 rings (SSSR count). The van der Waals surface area contributed by atoms with E-state index in [9.17, 15) is 0 Å². The van der Waals surface area contributed by atoms with Crippen LogP contribution in [0.1, 0.15) is 12.8 Å². The summed E-state index contributed by atoms with van der Waals surface area (Å²) >= 11 is 9.14. The first-order chi connectivity index (χ1) is 6.29. The lowest BCUT2D eigenvalue weighted by molar-refractivity contribution is 0.462. The highest BCUT2D eigenvalue weighted by atomic mass is 35.5. The highest BCUT2D eigenvalue weighted by Gasteiger charge is 2.30. The number of hydrogen-bond acceptors (Lipinski definition) is 4. The number of nitrogens with one attached hydrogen (secondary N) is 1. The molecule has 1 heterocycles. The van der Waals surface area contributed by atoms with Gasteiger partial charge in [0.25, 0.3) is 0 Å². The van der Waals surface area contributed by atoms with Crippen LogP contribution in [0.4, 0.5) is 5.82 Å². The summed E-state index contributed by atoms with van der Waals surface area (Å²) in [6.45, 7) is 0. The van der Waals surface area contributed by atoms with Crippen LogP contribution in [0.25, 0.3) is 0 Å². The lowest BCUT2D eigenvalue weighted by Gasteiger charge is -2.35. The Kier molecular flexibility index (Phi) is 3.01. The van der Waals surface area contributed by atoms with Crippen LogP contribution in [0.5, 0.6) is 0 Å². The molecule has 1 fully saturated rings. The number of nitrogens with zero attached hydrogens (tertiary/aromatic N) is 1. The van der Waals surface area contributed by atoms with Crippen LogP contribution in [0.15, 0.2) is 5.38 Å². The molecule has 2 nitrogen and oxygen atoms in total. The second-order valence-electron chi connectivity index (χ2n) is 3.09. The van der Waals surface area contributed by atoms with Crippen molar-refractivity contribution in [3.8, 4) is 0 Å². The third-order valence-corrected chi connectivity index (χ3v) is 4.47. The average Bonchev–Trinajstić information content (AvgIpc) is 2.46. The molecule has 5 heteroatoms. The number of halogens is 1. The molecule has 0 saturated heterocycles. The van der Waals surface area contributed by atoms with Crippen LogP contribution in [-0.4, -0.2) is 22.5 Å². The molecule has 13 heavy (non-hydrogen) atoms. The van der Waals surface area contributed by atoms with Crippen molar-refractivity contribution in [2.75, 3.05) is 11.6 Å². The summed E-state index contributed by atoms with van der Waals surface area (Å²) in [5.74, 6) is 0.929. The van der Waals surface area contributed by atoms with Gasteiger partial charge in [-0.2, -0.15) is 11.8 Å². The minimum atomic E-state index is 0.591. The molecule has 1 aliphatic carbocycles. The maximum absolute atomic E-state index is 5.74. The van der Waals surface area contributed by atoms with Crippen molar-refractivity contribution in [1.82, 2.24) is 4.98 Å². The SMILES string of the molecule is CSC1CCC1Nc1csc(Cl)n1. The second kappa shape index (κ2) is 4.07. The standard InChI is InChI=1S/C8H11ClN2S2/c1-12-6-3-2-5(6)10-7-4-13-8(9)11-7/h4-6,10H,2-3H2,1H3. The van der Waals surface area contributed by atoms with E-state index in [-0.39, 0.29) is 0 Å². The zero-order valence-corrected chi connectivity index (χ0v) is 9.68. The minimum absolute atomic E-state index is 0.591. The average molecular weight is 235 g/mol. The molecular formula is C8H11ClN2S2. The van der Waals surface area contributed by atoms with Crippen molar-refractivity contribution in [3.05, 3.63) is 9.85 Å². The van der Waals surface area contributed by atoms with Crippen LogP contribution < -0.4 is 5.32 Å². The van der Waals surface area contributed by atoms with Gasteiger partial charge in [-0.1, -0.05) is 11.6 Å². The number of thiazole rings is 1.